The van der Waals surface area contributed by atoms with Crippen molar-refractivity contribution < 1.29 is 0 Å². The van der Waals surface area contributed by atoms with Gasteiger partial charge in [0.1, 0.15) is 0 Å². The fourth-order valence-electron chi connectivity index (χ4n) is 2.34. The van der Waals surface area contributed by atoms with Gasteiger partial charge < -0.3 is 0 Å². The highest BCUT2D eigenvalue weighted by atomic mass is 14.0. The summed E-state index contributed by atoms with van der Waals surface area (Å²) in [5, 5.41) is 0. The van der Waals surface area contributed by atoms with Gasteiger partial charge in [-0.15, -0.1) is 0 Å². The number of hydrogen-bond acceptors (Lipinski definition) is 0. The van der Waals surface area contributed by atoms with Crippen molar-refractivity contribution in [3.63, 3.8) is 0 Å². The highest BCUT2D eigenvalue weighted by Crippen LogP contribution is 2.12. The van der Waals surface area contributed by atoms with Gasteiger partial charge in [-0.3, -0.25) is 0 Å². The minimum Gasteiger partial charge on any atom is -0.0885 e. The summed E-state index contributed by atoms with van der Waals surface area (Å²) < 4.78 is 0. The van der Waals surface area contributed by atoms with E-state index in [4.69, 9.17) is 0 Å². The molecule has 0 rings (SSSR count). The summed E-state index contributed by atoms with van der Waals surface area (Å²) in [4.78, 5) is 0. The molecule has 0 fully saturated rings. The number of hydrogen-bond donors (Lipinski definition) is 0. The Morgan fingerprint density at radius 2 is 1.06 bits per heavy atom. The van der Waals surface area contributed by atoms with Gasteiger partial charge in [0.05, 0.1) is 0 Å². The fourth-order valence-corrected chi connectivity index (χ4v) is 2.34. The first-order valence-electron chi connectivity index (χ1n) is 8.36. The first-order valence-corrected chi connectivity index (χ1v) is 8.36. The lowest BCUT2D eigenvalue weighted by atomic mass is 10.0. The maximum atomic E-state index is 3.80. The Morgan fingerprint density at radius 3 is 1.50 bits per heavy atom. The summed E-state index contributed by atoms with van der Waals surface area (Å²) in [5.41, 5.74) is 0. The minimum atomic E-state index is 0.943. The van der Waals surface area contributed by atoms with Crippen LogP contribution in [0.5, 0.6) is 0 Å². The van der Waals surface area contributed by atoms with E-state index in [2.05, 4.69) is 26.0 Å². The van der Waals surface area contributed by atoms with Crippen molar-refractivity contribution in [1.29, 1.82) is 0 Å². The number of allylic oxidation sites excluding steroid dienone is 2. The van der Waals surface area contributed by atoms with E-state index in [0.29, 0.717) is 0 Å². The van der Waals surface area contributed by atoms with Gasteiger partial charge in [-0.2, -0.15) is 0 Å². The number of rotatable bonds is 14. The van der Waals surface area contributed by atoms with E-state index in [1.165, 1.54) is 83.5 Å². The van der Waals surface area contributed by atoms with Crippen LogP contribution < -0.4 is 0 Å². The fraction of sp³-hybridized carbons (Fsp3) is 0.833. The zero-order valence-electron chi connectivity index (χ0n) is 12.8. The largest absolute Gasteiger partial charge is 0.0885 e. The zero-order chi connectivity index (χ0) is 13.3. The quantitative estimate of drug-likeness (QED) is 0.234. The molecule has 0 saturated carbocycles. The van der Waals surface area contributed by atoms with Gasteiger partial charge in [-0.25, -0.2) is 0 Å². The monoisotopic (exact) mass is 251 g/mol. The summed E-state index contributed by atoms with van der Waals surface area (Å²) in [7, 11) is 0. The first kappa shape index (κ1) is 17.7. The summed E-state index contributed by atoms with van der Waals surface area (Å²) in [6.07, 6.45) is 23.9. The van der Waals surface area contributed by atoms with Crippen LogP contribution in [0.15, 0.2) is 12.2 Å². The predicted molar refractivity (Wildman–Crippen MR) is 84.8 cm³/mol. The average Bonchev–Trinajstić information content (AvgIpc) is 2.39. The molecule has 0 aromatic carbocycles. The Hall–Kier alpha value is -0.260. The van der Waals surface area contributed by atoms with Gasteiger partial charge in [0.15, 0.2) is 0 Å². The second-order valence-electron chi connectivity index (χ2n) is 5.44. The Kier molecular flexibility index (Phi) is 16.5. The standard InChI is InChI=1S/C18H35/c1-3-5-7-9-11-13-15-17-18-16-14-12-10-8-6-4-2/h5,7H,1,3-4,6,8-18H2,2H3/b7-5+. The smallest absolute Gasteiger partial charge is 0.0351 e. The second-order valence-corrected chi connectivity index (χ2v) is 5.44. The highest BCUT2D eigenvalue weighted by molar-refractivity contribution is 4.81. The van der Waals surface area contributed by atoms with E-state index in [1.807, 2.05) is 0 Å². The molecule has 0 nitrogen and oxygen atoms in total. The van der Waals surface area contributed by atoms with Crippen LogP contribution in [0.3, 0.4) is 0 Å². The van der Waals surface area contributed by atoms with E-state index < -0.39 is 0 Å². The van der Waals surface area contributed by atoms with Crippen molar-refractivity contribution >= 4 is 0 Å². The van der Waals surface area contributed by atoms with Gasteiger partial charge in [-0.05, 0) is 26.2 Å². The third-order valence-corrected chi connectivity index (χ3v) is 3.56. The Labute approximate surface area is 116 Å². The van der Waals surface area contributed by atoms with Gasteiger partial charge >= 0.3 is 0 Å². The molecular weight excluding hydrogens is 216 g/mol. The van der Waals surface area contributed by atoms with Crippen molar-refractivity contribution in [3.8, 4) is 0 Å². The van der Waals surface area contributed by atoms with Crippen molar-refractivity contribution in [3.05, 3.63) is 19.1 Å². The Morgan fingerprint density at radius 1 is 0.611 bits per heavy atom. The third kappa shape index (κ3) is 15.7. The molecule has 0 aromatic rings. The summed E-state index contributed by atoms with van der Waals surface area (Å²) in [6, 6.07) is 0. The summed E-state index contributed by atoms with van der Waals surface area (Å²) >= 11 is 0. The molecule has 0 heteroatoms. The maximum Gasteiger partial charge on any atom is -0.0351 e. The van der Waals surface area contributed by atoms with Crippen molar-refractivity contribution in [2.24, 2.45) is 0 Å². The molecule has 0 aliphatic carbocycles. The van der Waals surface area contributed by atoms with Crippen LogP contribution in [0, 0.1) is 6.92 Å². The normalized spacial score (nSPS) is 11.4. The topological polar surface area (TPSA) is 0 Å². The minimum absolute atomic E-state index is 0.943. The van der Waals surface area contributed by atoms with Gasteiger partial charge in [0.25, 0.3) is 0 Å². The van der Waals surface area contributed by atoms with Crippen LogP contribution >= 0.6 is 0 Å². The van der Waals surface area contributed by atoms with Crippen LogP contribution in [0.1, 0.15) is 96.8 Å². The van der Waals surface area contributed by atoms with E-state index in [0.717, 1.165) is 6.42 Å². The van der Waals surface area contributed by atoms with Crippen molar-refractivity contribution in [2.75, 3.05) is 0 Å². The molecule has 0 spiro atoms. The molecular formula is C18H35. The van der Waals surface area contributed by atoms with Gasteiger partial charge in [-0.1, -0.05) is 89.7 Å². The molecule has 0 saturated heterocycles. The van der Waals surface area contributed by atoms with E-state index >= 15 is 0 Å². The molecule has 107 valence electrons. The third-order valence-electron chi connectivity index (χ3n) is 3.56. The summed E-state index contributed by atoms with van der Waals surface area (Å²) in [5.74, 6) is 0. The first-order chi connectivity index (χ1) is 8.91. The van der Waals surface area contributed by atoms with Crippen molar-refractivity contribution in [2.45, 2.75) is 96.8 Å². The van der Waals surface area contributed by atoms with E-state index in [9.17, 15) is 0 Å². The van der Waals surface area contributed by atoms with Crippen LogP contribution in [0.2, 0.25) is 0 Å². The number of unbranched alkanes of at least 4 members (excludes halogenated alkanes) is 12. The Balaban J connectivity index is 2.92. The Bertz CT molecular complexity index is 157. The molecule has 0 N–H and O–H groups in total. The second kappa shape index (κ2) is 16.7. The maximum absolute atomic E-state index is 3.80. The molecule has 0 amide bonds. The van der Waals surface area contributed by atoms with Crippen LogP contribution in [-0.2, 0) is 0 Å². The van der Waals surface area contributed by atoms with Gasteiger partial charge in [0.2, 0.25) is 0 Å². The lowest BCUT2D eigenvalue weighted by molar-refractivity contribution is 0.545. The van der Waals surface area contributed by atoms with E-state index in [1.54, 1.807) is 0 Å². The SMILES string of the molecule is [CH2]C/C=C/CCCCCCCCCCCCCC. The molecule has 0 aromatic heterocycles. The molecule has 1 radical (unpaired) electrons. The lowest BCUT2D eigenvalue weighted by Crippen LogP contribution is -1.82. The van der Waals surface area contributed by atoms with Crippen LogP contribution in [0.25, 0.3) is 0 Å². The summed E-state index contributed by atoms with van der Waals surface area (Å²) in [6.45, 7) is 6.08. The zero-order valence-corrected chi connectivity index (χ0v) is 12.8. The van der Waals surface area contributed by atoms with E-state index in [-0.39, 0.29) is 0 Å². The molecule has 0 aliphatic rings. The van der Waals surface area contributed by atoms with Gasteiger partial charge in [0, 0.05) is 0 Å². The molecule has 0 atom stereocenters. The molecule has 0 aliphatic heterocycles. The molecule has 0 bridgehead atoms. The highest BCUT2D eigenvalue weighted by Gasteiger charge is 1.92. The average molecular weight is 251 g/mol. The van der Waals surface area contributed by atoms with Crippen molar-refractivity contribution in [1.82, 2.24) is 0 Å². The molecule has 0 heterocycles. The van der Waals surface area contributed by atoms with Crippen LogP contribution in [-0.4, -0.2) is 0 Å². The molecule has 18 heavy (non-hydrogen) atoms. The van der Waals surface area contributed by atoms with Crippen LogP contribution in [0.4, 0.5) is 0 Å². The predicted octanol–water partition coefficient (Wildman–Crippen LogP) is 6.86. The molecule has 0 unspecified atom stereocenters. The lowest BCUT2D eigenvalue weighted by Gasteiger charge is -2.02.